The Morgan fingerprint density at radius 3 is 2.38 bits per heavy atom. The van der Waals surface area contributed by atoms with Gasteiger partial charge < -0.3 is 15.4 Å². The molecule has 0 amide bonds. The third-order valence-corrected chi connectivity index (χ3v) is 4.08. The number of hydrogen-bond acceptors (Lipinski definition) is 5. The van der Waals surface area contributed by atoms with Crippen molar-refractivity contribution in [3.05, 3.63) is 23.8 Å². The summed E-state index contributed by atoms with van der Waals surface area (Å²) in [4.78, 5) is 7.25. The molecular formula is C16H28N4O. The molecule has 2 N–H and O–H groups in total. The first-order valence-corrected chi connectivity index (χ1v) is 7.60. The van der Waals surface area contributed by atoms with Crippen LogP contribution in [0.2, 0.25) is 0 Å². The molecule has 0 unspecified atom stereocenters. The first-order valence-electron chi connectivity index (χ1n) is 7.60. The number of piperazine rings is 1. The summed E-state index contributed by atoms with van der Waals surface area (Å²) >= 11 is 0. The lowest BCUT2D eigenvalue weighted by Gasteiger charge is -2.35. The van der Waals surface area contributed by atoms with Gasteiger partial charge in [-0.15, -0.1) is 0 Å². The van der Waals surface area contributed by atoms with Gasteiger partial charge in [-0.3, -0.25) is 9.80 Å². The quantitative estimate of drug-likeness (QED) is 0.791. The SMILES string of the molecule is COc1ccc(CN2CCN(CCN(C)C)CC2)c(N)c1. The van der Waals surface area contributed by atoms with Gasteiger partial charge >= 0.3 is 0 Å². The molecule has 5 heteroatoms. The number of likely N-dealkylation sites (N-methyl/N-ethyl adjacent to an activating group) is 1. The van der Waals surface area contributed by atoms with Crippen LogP contribution in [-0.2, 0) is 6.54 Å². The molecule has 1 aliphatic heterocycles. The Morgan fingerprint density at radius 1 is 1.14 bits per heavy atom. The molecule has 2 rings (SSSR count). The highest BCUT2D eigenvalue weighted by Crippen LogP contribution is 2.21. The van der Waals surface area contributed by atoms with E-state index in [1.165, 1.54) is 5.56 Å². The fourth-order valence-corrected chi connectivity index (χ4v) is 2.60. The Hall–Kier alpha value is -1.30. The molecule has 0 aromatic heterocycles. The second kappa shape index (κ2) is 7.64. The van der Waals surface area contributed by atoms with Gasteiger partial charge in [0, 0.05) is 57.6 Å². The first-order chi connectivity index (χ1) is 10.1. The Morgan fingerprint density at radius 2 is 1.81 bits per heavy atom. The van der Waals surface area contributed by atoms with Crippen LogP contribution in [0.3, 0.4) is 0 Å². The summed E-state index contributed by atoms with van der Waals surface area (Å²) in [5, 5.41) is 0. The summed E-state index contributed by atoms with van der Waals surface area (Å²) in [5.41, 5.74) is 8.12. The van der Waals surface area contributed by atoms with E-state index in [-0.39, 0.29) is 0 Å². The van der Waals surface area contributed by atoms with E-state index in [1.54, 1.807) is 7.11 Å². The van der Waals surface area contributed by atoms with Crippen LogP contribution < -0.4 is 10.5 Å². The minimum absolute atomic E-state index is 0.824. The number of methoxy groups -OCH3 is 1. The Labute approximate surface area is 128 Å². The minimum Gasteiger partial charge on any atom is -0.497 e. The number of rotatable bonds is 6. The molecule has 0 saturated carbocycles. The van der Waals surface area contributed by atoms with Gasteiger partial charge in [-0.2, -0.15) is 0 Å². The summed E-state index contributed by atoms with van der Waals surface area (Å²) in [6.45, 7) is 7.72. The van der Waals surface area contributed by atoms with Gasteiger partial charge in [-0.05, 0) is 25.7 Å². The molecule has 1 fully saturated rings. The van der Waals surface area contributed by atoms with E-state index in [2.05, 4.69) is 34.9 Å². The maximum absolute atomic E-state index is 6.10. The smallest absolute Gasteiger partial charge is 0.120 e. The molecular weight excluding hydrogens is 264 g/mol. The van der Waals surface area contributed by atoms with Gasteiger partial charge in [0.05, 0.1) is 7.11 Å². The van der Waals surface area contributed by atoms with E-state index in [1.807, 2.05) is 12.1 Å². The number of nitrogens with zero attached hydrogens (tertiary/aromatic N) is 3. The molecule has 0 bridgehead atoms. The zero-order valence-electron chi connectivity index (χ0n) is 13.5. The van der Waals surface area contributed by atoms with Crippen molar-refractivity contribution in [1.29, 1.82) is 0 Å². The number of anilines is 1. The van der Waals surface area contributed by atoms with Crippen molar-refractivity contribution in [3.63, 3.8) is 0 Å². The third-order valence-electron chi connectivity index (χ3n) is 4.08. The number of nitrogens with two attached hydrogens (primary N) is 1. The summed E-state index contributed by atoms with van der Waals surface area (Å²) in [6.07, 6.45) is 0. The molecule has 1 aromatic carbocycles. The highest BCUT2D eigenvalue weighted by molar-refractivity contribution is 5.51. The summed E-state index contributed by atoms with van der Waals surface area (Å²) in [5.74, 6) is 0.824. The zero-order chi connectivity index (χ0) is 15.2. The summed E-state index contributed by atoms with van der Waals surface area (Å²) in [6, 6.07) is 5.97. The van der Waals surface area contributed by atoms with Crippen molar-refractivity contribution in [2.24, 2.45) is 0 Å². The van der Waals surface area contributed by atoms with Gasteiger partial charge in [0.2, 0.25) is 0 Å². The molecule has 0 spiro atoms. The average Bonchev–Trinajstić information content (AvgIpc) is 2.48. The molecule has 1 aromatic rings. The van der Waals surface area contributed by atoms with E-state index >= 15 is 0 Å². The van der Waals surface area contributed by atoms with Crippen LogP contribution in [0, 0.1) is 0 Å². The van der Waals surface area contributed by atoms with Crippen molar-refractivity contribution >= 4 is 5.69 Å². The van der Waals surface area contributed by atoms with Gasteiger partial charge in [0.25, 0.3) is 0 Å². The number of benzene rings is 1. The Bertz CT molecular complexity index is 442. The van der Waals surface area contributed by atoms with Crippen molar-refractivity contribution in [2.75, 3.05) is 66.2 Å². The van der Waals surface area contributed by atoms with Crippen LogP contribution in [0.25, 0.3) is 0 Å². The second-order valence-electron chi connectivity index (χ2n) is 5.99. The molecule has 5 nitrogen and oxygen atoms in total. The maximum Gasteiger partial charge on any atom is 0.120 e. The Kier molecular flexibility index (Phi) is 5.85. The lowest BCUT2D eigenvalue weighted by molar-refractivity contribution is 0.121. The van der Waals surface area contributed by atoms with Gasteiger partial charge in [-0.1, -0.05) is 6.07 Å². The largest absolute Gasteiger partial charge is 0.497 e. The highest BCUT2D eigenvalue weighted by atomic mass is 16.5. The fraction of sp³-hybridized carbons (Fsp3) is 0.625. The van der Waals surface area contributed by atoms with Crippen molar-refractivity contribution in [2.45, 2.75) is 6.54 Å². The van der Waals surface area contributed by atoms with Crippen LogP contribution in [0.5, 0.6) is 5.75 Å². The summed E-state index contributed by atoms with van der Waals surface area (Å²) in [7, 11) is 5.92. The van der Waals surface area contributed by atoms with Gasteiger partial charge in [0.1, 0.15) is 5.75 Å². The van der Waals surface area contributed by atoms with E-state index < -0.39 is 0 Å². The fourth-order valence-electron chi connectivity index (χ4n) is 2.60. The van der Waals surface area contributed by atoms with Crippen molar-refractivity contribution < 1.29 is 4.74 Å². The molecule has 1 heterocycles. The molecule has 0 radical (unpaired) electrons. The number of hydrogen-bond donors (Lipinski definition) is 1. The normalized spacial score (nSPS) is 17.3. The van der Waals surface area contributed by atoms with Gasteiger partial charge in [-0.25, -0.2) is 0 Å². The molecule has 0 aliphatic carbocycles. The highest BCUT2D eigenvalue weighted by Gasteiger charge is 2.17. The average molecular weight is 292 g/mol. The van der Waals surface area contributed by atoms with E-state index in [0.29, 0.717) is 0 Å². The van der Waals surface area contributed by atoms with Crippen LogP contribution >= 0.6 is 0 Å². The topological polar surface area (TPSA) is 45.0 Å². The maximum atomic E-state index is 6.10. The minimum atomic E-state index is 0.824. The lowest BCUT2D eigenvalue weighted by atomic mass is 10.1. The van der Waals surface area contributed by atoms with Crippen LogP contribution in [0.4, 0.5) is 5.69 Å². The molecule has 0 atom stereocenters. The van der Waals surface area contributed by atoms with Crippen molar-refractivity contribution in [1.82, 2.24) is 14.7 Å². The van der Waals surface area contributed by atoms with Crippen LogP contribution in [-0.4, -0.2) is 75.2 Å². The second-order valence-corrected chi connectivity index (χ2v) is 5.99. The van der Waals surface area contributed by atoms with Crippen LogP contribution in [0.15, 0.2) is 18.2 Å². The van der Waals surface area contributed by atoms with Gasteiger partial charge in [0.15, 0.2) is 0 Å². The van der Waals surface area contributed by atoms with Crippen LogP contribution in [0.1, 0.15) is 5.56 Å². The monoisotopic (exact) mass is 292 g/mol. The molecule has 118 valence electrons. The summed E-state index contributed by atoms with van der Waals surface area (Å²) < 4.78 is 5.20. The Balaban J connectivity index is 1.80. The van der Waals surface area contributed by atoms with E-state index in [9.17, 15) is 0 Å². The predicted molar refractivity (Wildman–Crippen MR) is 87.7 cm³/mol. The van der Waals surface area contributed by atoms with E-state index in [4.69, 9.17) is 10.5 Å². The number of ether oxygens (including phenoxy) is 1. The van der Waals surface area contributed by atoms with Crippen molar-refractivity contribution in [3.8, 4) is 5.75 Å². The molecule has 1 saturated heterocycles. The standard InChI is InChI=1S/C16H28N4O/c1-18(2)6-7-19-8-10-20(11-9-19)13-14-4-5-15(21-3)12-16(14)17/h4-5,12H,6-11,13,17H2,1-3H3. The number of nitrogen functional groups attached to an aromatic ring is 1. The predicted octanol–water partition coefficient (Wildman–Crippen LogP) is 0.957. The first kappa shape index (κ1) is 16.1. The third kappa shape index (κ3) is 4.88. The molecule has 1 aliphatic rings. The zero-order valence-corrected chi connectivity index (χ0v) is 13.5. The lowest BCUT2D eigenvalue weighted by Crippen LogP contribution is -2.47. The van der Waals surface area contributed by atoms with E-state index in [0.717, 1.165) is 57.3 Å². The molecule has 21 heavy (non-hydrogen) atoms.